The summed E-state index contributed by atoms with van der Waals surface area (Å²) in [6.07, 6.45) is 8.02. The maximum absolute atomic E-state index is 12.2. The third-order valence-corrected chi connectivity index (χ3v) is 5.46. The minimum absolute atomic E-state index is 0.0247. The lowest BCUT2D eigenvalue weighted by molar-refractivity contribution is 0.166. The topological polar surface area (TPSA) is 78.4 Å². The molecule has 21 heavy (non-hydrogen) atoms. The lowest BCUT2D eigenvalue weighted by Gasteiger charge is -2.22. The number of urea groups is 1. The van der Waals surface area contributed by atoms with Crippen molar-refractivity contribution in [1.29, 1.82) is 0 Å². The number of anilines is 1. The summed E-state index contributed by atoms with van der Waals surface area (Å²) in [5, 5.41) is 22.1. The van der Waals surface area contributed by atoms with Crippen molar-refractivity contribution in [3.63, 3.8) is 0 Å². The number of aromatic nitrogens is 2. The Morgan fingerprint density at radius 3 is 2.81 bits per heavy atom. The monoisotopic (exact) mass is 310 g/mol. The second-order valence-electron chi connectivity index (χ2n) is 5.88. The molecular weight excluding hydrogens is 288 g/mol. The predicted octanol–water partition coefficient (Wildman–Crippen LogP) is 2.57. The number of likely N-dealkylation sites (tertiary alicyclic amines) is 1. The summed E-state index contributed by atoms with van der Waals surface area (Å²) in [6, 6.07) is -0.228. The molecule has 1 aromatic heterocycles. The van der Waals surface area contributed by atoms with Crippen molar-refractivity contribution in [3.05, 3.63) is 5.01 Å². The van der Waals surface area contributed by atoms with E-state index < -0.39 is 0 Å². The summed E-state index contributed by atoms with van der Waals surface area (Å²) in [7, 11) is 0. The predicted molar refractivity (Wildman–Crippen MR) is 81.6 cm³/mol. The van der Waals surface area contributed by atoms with Crippen LogP contribution in [0.15, 0.2) is 0 Å². The molecule has 0 aromatic carbocycles. The van der Waals surface area contributed by atoms with Crippen LogP contribution in [0.25, 0.3) is 0 Å². The second-order valence-corrected chi connectivity index (χ2v) is 6.89. The number of rotatable bonds is 3. The molecule has 2 fully saturated rings. The van der Waals surface area contributed by atoms with Crippen LogP contribution in [0.4, 0.5) is 9.93 Å². The zero-order valence-electron chi connectivity index (χ0n) is 12.1. The van der Waals surface area contributed by atoms with Crippen LogP contribution >= 0.6 is 11.3 Å². The Morgan fingerprint density at radius 2 is 2.05 bits per heavy atom. The first-order chi connectivity index (χ1) is 10.3. The van der Waals surface area contributed by atoms with Gasteiger partial charge in [-0.25, -0.2) is 4.79 Å². The van der Waals surface area contributed by atoms with Gasteiger partial charge in [-0.05, 0) is 25.7 Å². The highest BCUT2D eigenvalue weighted by Gasteiger charge is 2.29. The Kier molecular flexibility index (Phi) is 4.70. The SMILES string of the molecule is O=C(Nc1nnc(C2CCCCC2)s1)N1CCC[C@@H]1CO. The summed E-state index contributed by atoms with van der Waals surface area (Å²) >= 11 is 1.49. The first-order valence-corrected chi connectivity index (χ1v) is 8.61. The summed E-state index contributed by atoms with van der Waals surface area (Å²) in [4.78, 5) is 13.9. The van der Waals surface area contributed by atoms with Gasteiger partial charge < -0.3 is 10.0 Å². The Balaban J connectivity index is 1.60. The summed E-state index contributed by atoms with van der Waals surface area (Å²) in [5.41, 5.74) is 0. The molecule has 1 aromatic rings. The Morgan fingerprint density at radius 1 is 1.24 bits per heavy atom. The zero-order chi connectivity index (χ0) is 14.7. The normalized spacial score (nSPS) is 23.5. The number of nitrogens with zero attached hydrogens (tertiary/aromatic N) is 3. The number of nitrogens with one attached hydrogen (secondary N) is 1. The van der Waals surface area contributed by atoms with Crippen LogP contribution in [0, 0.1) is 0 Å². The van der Waals surface area contributed by atoms with Crippen molar-refractivity contribution >= 4 is 22.5 Å². The van der Waals surface area contributed by atoms with Crippen molar-refractivity contribution in [2.24, 2.45) is 0 Å². The molecule has 1 saturated heterocycles. The molecule has 6 nitrogen and oxygen atoms in total. The third kappa shape index (κ3) is 3.35. The Bertz CT molecular complexity index is 487. The molecular formula is C14H22N4O2S. The fourth-order valence-electron chi connectivity index (χ4n) is 3.26. The highest BCUT2D eigenvalue weighted by Crippen LogP contribution is 2.35. The number of hydrogen-bond acceptors (Lipinski definition) is 5. The molecule has 2 aliphatic rings. The highest BCUT2D eigenvalue weighted by atomic mass is 32.1. The van der Waals surface area contributed by atoms with E-state index in [2.05, 4.69) is 15.5 Å². The molecule has 1 saturated carbocycles. The van der Waals surface area contributed by atoms with Crippen LogP contribution in [0.3, 0.4) is 0 Å². The van der Waals surface area contributed by atoms with Gasteiger partial charge in [0, 0.05) is 12.5 Å². The number of hydrogen-bond donors (Lipinski definition) is 2. The van der Waals surface area contributed by atoms with Crippen molar-refractivity contribution in [3.8, 4) is 0 Å². The number of carbonyl (C=O) groups is 1. The average Bonchev–Trinajstić information content (AvgIpc) is 3.16. The van der Waals surface area contributed by atoms with E-state index >= 15 is 0 Å². The average molecular weight is 310 g/mol. The first-order valence-electron chi connectivity index (χ1n) is 7.80. The van der Waals surface area contributed by atoms with E-state index in [9.17, 15) is 9.90 Å². The molecule has 1 aliphatic heterocycles. The van der Waals surface area contributed by atoms with Crippen LogP contribution in [-0.4, -0.2) is 45.4 Å². The molecule has 3 rings (SSSR count). The number of aliphatic hydroxyl groups excluding tert-OH is 1. The fraction of sp³-hybridized carbons (Fsp3) is 0.786. The van der Waals surface area contributed by atoms with Crippen LogP contribution in [-0.2, 0) is 0 Å². The second kappa shape index (κ2) is 6.70. The van der Waals surface area contributed by atoms with E-state index in [0.717, 1.165) is 17.8 Å². The third-order valence-electron chi connectivity index (χ3n) is 4.46. The molecule has 7 heteroatoms. The minimum atomic E-state index is -0.169. The quantitative estimate of drug-likeness (QED) is 0.899. The van der Waals surface area contributed by atoms with E-state index in [1.54, 1.807) is 4.90 Å². The van der Waals surface area contributed by atoms with Crippen molar-refractivity contribution in [2.45, 2.75) is 56.9 Å². The van der Waals surface area contributed by atoms with Crippen LogP contribution in [0.1, 0.15) is 55.9 Å². The van der Waals surface area contributed by atoms with Gasteiger partial charge in [0.05, 0.1) is 12.6 Å². The van der Waals surface area contributed by atoms with Gasteiger partial charge in [0.1, 0.15) is 5.01 Å². The maximum Gasteiger partial charge on any atom is 0.324 e. The summed E-state index contributed by atoms with van der Waals surface area (Å²) < 4.78 is 0. The first kappa shape index (κ1) is 14.7. The lowest BCUT2D eigenvalue weighted by atomic mass is 9.90. The van der Waals surface area contributed by atoms with Gasteiger partial charge in [-0.3, -0.25) is 5.32 Å². The van der Waals surface area contributed by atoms with E-state index in [1.165, 1.54) is 43.4 Å². The van der Waals surface area contributed by atoms with E-state index in [0.29, 0.717) is 17.6 Å². The number of aliphatic hydroxyl groups is 1. The molecule has 0 spiro atoms. The minimum Gasteiger partial charge on any atom is -0.394 e. The number of amides is 2. The highest BCUT2D eigenvalue weighted by molar-refractivity contribution is 7.15. The fourth-order valence-corrected chi connectivity index (χ4v) is 4.16. The van der Waals surface area contributed by atoms with Gasteiger partial charge in [-0.2, -0.15) is 0 Å². The number of carbonyl (C=O) groups excluding carboxylic acids is 1. The Hall–Kier alpha value is -1.21. The van der Waals surface area contributed by atoms with E-state index in [-0.39, 0.29) is 18.7 Å². The standard InChI is InChI=1S/C14H22N4O2S/c19-9-11-7-4-8-18(11)14(20)15-13-17-16-12(21-13)10-5-2-1-3-6-10/h10-11,19H,1-9H2,(H,15,17,20)/t11-/m1/s1. The van der Waals surface area contributed by atoms with Gasteiger partial charge in [0.25, 0.3) is 0 Å². The van der Waals surface area contributed by atoms with Crippen molar-refractivity contribution < 1.29 is 9.90 Å². The summed E-state index contributed by atoms with van der Waals surface area (Å²) in [5.74, 6) is 0.513. The molecule has 2 heterocycles. The van der Waals surface area contributed by atoms with Gasteiger partial charge in [0.2, 0.25) is 5.13 Å². The van der Waals surface area contributed by atoms with Crippen molar-refractivity contribution in [2.75, 3.05) is 18.5 Å². The van der Waals surface area contributed by atoms with E-state index in [1.807, 2.05) is 0 Å². The Labute approximate surface area is 128 Å². The molecule has 1 atom stereocenters. The molecule has 0 unspecified atom stereocenters. The van der Waals surface area contributed by atoms with Gasteiger partial charge >= 0.3 is 6.03 Å². The van der Waals surface area contributed by atoms with Gasteiger partial charge in [-0.1, -0.05) is 30.6 Å². The molecule has 1 aliphatic carbocycles. The maximum atomic E-state index is 12.2. The van der Waals surface area contributed by atoms with Gasteiger partial charge in [-0.15, -0.1) is 10.2 Å². The van der Waals surface area contributed by atoms with Crippen LogP contribution in [0.2, 0.25) is 0 Å². The zero-order valence-corrected chi connectivity index (χ0v) is 12.9. The van der Waals surface area contributed by atoms with Crippen LogP contribution < -0.4 is 5.32 Å². The lowest BCUT2D eigenvalue weighted by Crippen LogP contribution is -2.40. The largest absolute Gasteiger partial charge is 0.394 e. The van der Waals surface area contributed by atoms with Crippen LogP contribution in [0.5, 0.6) is 0 Å². The molecule has 2 N–H and O–H groups in total. The molecule has 116 valence electrons. The molecule has 2 amide bonds. The smallest absolute Gasteiger partial charge is 0.324 e. The van der Waals surface area contributed by atoms with Crippen molar-refractivity contribution in [1.82, 2.24) is 15.1 Å². The molecule has 0 radical (unpaired) electrons. The van der Waals surface area contributed by atoms with E-state index in [4.69, 9.17) is 0 Å². The van der Waals surface area contributed by atoms with Gasteiger partial charge in [0.15, 0.2) is 0 Å². The summed E-state index contributed by atoms with van der Waals surface area (Å²) in [6.45, 7) is 0.724. The molecule has 0 bridgehead atoms.